The summed E-state index contributed by atoms with van der Waals surface area (Å²) in [5.41, 5.74) is 2.61. The van der Waals surface area contributed by atoms with Gasteiger partial charge in [0.05, 0.1) is 6.61 Å². The highest BCUT2D eigenvalue weighted by Gasteiger charge is 2.41. The molecule has 2 aromatic rings. The Morgan fingerprint density at radius 1 is 1.00 bits per heavy atom. The first kappa shape index (κ1) is 21.0. The fourth-order valence-corrected chi connectivity index (χ4v) is 4.66. The van der Waals surface area contributed by atoms with E-state index in [9.17, 15) is 9.90 Å². The van der Waals surface area contributed by atoms with Crippen LogP contribution in [-0.2, 0) is 27.7 Å². The second kappa shape index (κ2) is 7.58. The molecule has 0 bridgehead atoms. The number of Topliss-reactive ketones (excluding diaryl/α,β-unsaturated/α-hetero) is 1. The fraction of sp³-hybridized carbons (Fsp3) is 0.458. The Balaban J connectivity index is 1.91. The highest BCUT2D eigenvalue weighted by Crippen LogP contribution is 2.41. The summed E-state index contributed by atoms with van der Waals surface area (Å²) in [6, 6.07) is 15.9. The minimum absolute atomic E-state index is 0.0374. The van der Waals surface area contributed by atoms with Crippen molar-refractivity contribution in [1.82, 2.24) is 0 Å². The Hall–Kier alpha value is -1.75. The van der Waals surface area contributed by atoms with Crippen molar-refractivity contribution in [3.63, 3.8) is 0 Å². The van der Waals surface area contributed by atoms with E-state index in [1.807, 2.05) is 36.4 Å². The first-order chi connectivity index (χ1) is 13.0. The molecule has 2 aromatic carbocycles. The van der Waals surface area contributed by atoms with Gasteiger partial charge in [0.2, 0.25) is 0 Å². The number of hydrogen-bond acceptors (Lipinski definition) is 3. The smallest absolute Gasteiger partial charge is 0.192 e. The third kappa shape index (κ3) is 4.00. The molecule has 1 aliphatic rings. The molecule has 28 heavy (non-hydrogen) atoms. The van der Waals surface area contributed by atoms with Gasteiger partial charge in [-0.05, 0) is 53.2 Å². The minimum atomic E-state index is -2.01. The van der Waals surface area contributed by atoms with Crippen LogP contribution in [0, 0.1) is 0 Å². The van der Waals surface area contributed by atoms with Gasteiger partial charge < -0.3 is 9.53 Å². The van der Waals surface area contributed by atoms with Crippen LogP contribution in [-0.4, -0.2) is 25.8 Å². The van der Waals surface area contributed by atoms with Gasteiger partial charge in [-0.3, -0.25) is 4.79 Å². The second-order valence-electron chi connectivity index (χ2n) is 9.44. The number of carbonyl (C=O) groups excluding carboxylic acids is 1. The van der Waals surface area contributed by atoms with Crippen molar-refractivity contribution < 1.29 is 14.3 Å². The standard InChI is InChI=1S/C24H32O3Si/c1-23(2,3)28(4,5)27-17-20(25)16-24(26)21-12-8-6-10-18(21)14-15-19-11-7-9-13-22(19)24/h6-13,26H,14-17H2,1-5H3. The number of hydrogen-bond donors (Lipinski definition) is 1. The number of benzene rings is 2. The van der Waals surface area contributed by atoms with Gasteiger partial charge in [0.1, 0.15) is 5.60 Å². The van der Waals surface area contributed by atoms with Gasteiger partial charge in [0.15, 0.2) is 14.1 Å². The molecule has 3 nitrogen and oxygen atoms in total. The zero-order chi connectivity index (χ0) is 20.6. The molecular weight excluding hydrogens is 364 g/mol. The van der Waals surface area contributed by atoms with Gasteiger partial charge in [-0.25, -0.2) is 0 Å². The number of ketones is 1. The molecule has 150 valence electrons. The van der Waals surface area contributed by atoms with Crippen molar-refractivity contribution in [1.29, 1.82) is 0 Å². The maximum Gasteiger partial charge on any atom is 0.192 e. The van der Waals surface area contributed by atoms with Gasteiger partial charge in [-0.1, -0.05) is 69.3 Å². The average Bonchev–Trinajstić information content (AvgIpc) is 2.75. The Morgan fingerprint density at radius 3 is 1.93 bits per heavy atom. The number of carbonyl (C=O) groups is 1. The molecule has 0 spiro atoms. The van der Waals surface area contributed by atoms with Crippen LogP contribution in [0.4, 0.5) is 0 Å². The average molecular weight is 397 g/mol. The van der Waals surface area contributed by atoms with E-state index in [-0.39, 0.29) is 23.8 Å². The lowest BCUT2D eigenvalue weighted by atomic mass is 9.80. The quantitative estimate of drug-likeness (QED) is 0.723. The Bertz CT molecular complexity index is 817. The maximum atomic E-state index is 13.0. The van der Waals surface area contributed by atoms with Crippen molar-refractivity contribution in [3.8, 4) is 0 Å². The number of fused-ring (bicyclic) bond motifs is 2. The lowest BCUT2D eigenvalue weighted by Crippen LogP contribution is -2.43. The van der Waals surface area contributed by atoms with E-state index >= 15 is 0 Å². The van der Waals surface area contributed by atoms with E-state index in [1.165, 1.54) is 0 Å². The summed E-state index contributed by atoms with van der Waals surface area (Å²) in [6.45, 7) is 10.8. The van der Waals surface area contributed by atoms with Gasteiger partial charge in [0, 0.05) is 6.42 Å². The fourth-order valence-electron chi connectivity index (χ4n) is 3.70. The molecule has 0 fully saturated rings. The molecule has 0 heterocycles. The minimum Gasteiger partial charge on any atom is -0.410 e. The molecule has 0 amide bonds. The molecule has 0 atom stereocenters. The van der Waals surface area contributed by atoms with E-state index in [0.717, 1.165) is 35.1 Å². The van der Waals surface area contributed by atoms with Crippen LogP contribution < -0.4 is 0 Å². The van der Waals surface area contributed by atoms with Crippen molar-refractivity contribution in [2.24, 2.45) is 0 Å². The van der Waals surface area contributed by atoms with Crippen LogP contribution in [0.25, 0.3) is 0 Å². The molecular formula is C24H32O3Si. The Kier molecular flexibility index (Phi) is 5.68. The van der Waals surface area contributed by atoms with E-state index < -0.39 is 13.9 Å². The highest BCUT2D eigenvalue weighted by molar-refractivity contribution is 6.74. The summed E-state index contributed by atoms with van der Waals surface area (Å²) in [7, 11) is -2.01. The van der Waals surface area contributed by atoms with E-state index in [2.05, 4.69) is 46.0 Å². The maximum absolute atomic E-state index is 13.0. The van der Waals surface area contributed by atoms with E-state index in [4.69, 9.17) is 4.43 Å². The van der Waals surface area contributed by atoms with Crippen LogP contribution in [0.1, 0.15) is 49.4 Å². The summed E-state index contributed by atoms with van der Waals surface area (Å²) in [5, 5.41) is 11.9. The number of rotatable bonds is 5. The Morgan fingerprint density at radius 2 is 1.46 bits per heavy atom. The van der Waals surface area contributed by atoms with Crippen molar-refractivity contribution in [2.75, 3.05) is 6.61 Å². The third-order valence-electron chi connectivity index (χ3n) is 6.44. The normalized spacial score (nSPS) is 16.1. The third-order valence-corrected chi connectivity index (χ3v) is 10.9. The van der Waals surface area contributed by atoms with Crippen molar-refractivity contribution in [2.45, 2.75) is 63.8 Å². The van der Waals surface area contributed by atoms with Crippen LogP contribution in [0.2, 0.25) is 18.1 Å². The molecule has 0 saturated carbocycles. The number of aryl methyl sites for hydroxylation is 2. The van der Waals surface area contributed by atoms with Gasteiger partial charge in [-0.15, -0.1) is 0 Å². The molecule has 0 aliphatic heterocycles. The summed E-state index contributed by atoms with van der Waals surface area (Å²) >= 11 is 0. The van der Waals surface area contributed by atoms with Crippen LogP contribution in [0.15, 0.2) is 48.5 Å². The summed E-state index contributed by atoms with van der Waals surface area (Å²) in [5.74, 6) is -0.0566. The van der Waals surface area contributed by atoms with Crippen LogP contribution in [0.3, 0.4) is 0 Å². The van der Waals surface area contributed by atoms with E-state index in [0.29, 0.717) is 0 Å². The molecule has 0 radical (unpaired) electrons. The monoisotopic (exact) mass is 396 g/mol. The predicted octanol–water partition coefficient (Wildman–Crippen LogP) is 5.00. The molecule has 1 N–H and O–H groups in total. The summed E-state index contributed by atoms with van der Waals surface area (Å²) < 4.78 is 6.13. The molecule has 0 aromatic heterocycles. The largest absolute Gasteiger partial charge is 0.410 e. The lowest BCUT2D eigenvalue weighted by Gasteiger charge is -2.36. The molecule has 0 unspecified atom stereocenters. The first-order valence-corrected chi connectivity index (χ1v) is 13.0. The molecule has 0 saturated heterocycles. The predicted molar refractivity (Wildman–Crippen MR) is 116 cm³/mol. The topological polar surface area (TPSA) is 46.5 Å². The van der Waals surface area contributed by atoms with Crippen LogP contribution in [0.5, 0.6) is 0 Å². The van der Waals surface area contributed by atoms with Gasteiger partial charge in [0.25, 0.3) is 0 Å². The zero-order valence-corrected chi connectivity index (χ0v) is 18.7. The zero-order valence-electron chi connectivity index (χ0n) is 17.7. The van der Waals surface area contributed by atoms with Gasteiger partial charge in [-0.2, -0.15) is 0 Å². The molecule has 1 aliphatic carbocycles. The van der Waals surface area contributed by atoms with Crippen molar-refractivity contribution in [3.05, 3.63) is 70.8 Å². The Labute approximate surface area is 169 Å². The molecule has 4 heteroatoms. The SMILES string of the molecule is CC(C)(C)[Si](C)(C)OCC(=O)CC1(O)c2ccccc2CCc2ccccc21. The summed E-state index contributed by atoms with van der Waals surface area (Å²) in [6.07, 6.45) is 1.77. The highest BCUT2D eigenvalue weighted by atomic mass is 28.4. The number of aliphatic hydroxyl groups is 1. The van der Waals surface area contributed by atoms with Crippen molar-refractivity contribution >= 4 is 14.1 Å². The van der Waals surface area contributed by atoms with E-state index in [1.54, 1.807) is 0 Å². The second-order valence-corrected chi connectivity index (χ2v) is 14.2. The van der Waals surface area contributed by atoms with Gasteiger partial charge >= 0.3 is 0 Å². The first-order valence-electron chi connectivity index (χ1n) is 10.1. The molecule has 3 rings (SSSR count). The summed E-state index contributed by atoms with van der Waals surface area (Å²) in [4.78, 5) is 13.0. The van der Waals surface area contributed by atoms with Crippen LogP contribution >= 0.6 is 0 Å². The lowest BCUT2D eigenvalue weighted by molar-refractivity contribution is -0.125.